The van der Waals surface area contributed by atoms with Gasteiger partial charge in [0.2, 0.25) is 0 Å². The van der Waals surface area contributed by atoms with Crippen LogP contribution in [0.25, 0.3) is 0 Å². The van der Waals surface area contributed by atoms with Crippen LogP contribution in [0, 0.1) is 11.8 Å². The summed E-state index contributed by atoms with van der Waals surface area (Å²) in [6.07, 6.45) is 3.95. The molecule has 1 heterocycles. The van der Waals surface area contributed by atoms with E-state index in [9.17, 15) is 4.79 Å². The first kappa shape index (κ1) is 15.3. The maximum Gasteiger partial charge on any atom is 0.255 e. The van der Waals surface area contributed by atoms with Crippen LogP contribution in [0.15, 0.2) is 16.7 Å². The smallest absolute Gasteiger partial charge is 0.255 e. The van der Waals surface area contributed by atoms with Crippen molar-refractivity contribution in [2.24, 2.45) is 11.8 Å². The fraction of sp³-hybridized carbons (Fsp3) is 0.600. The highest BCUT2D eigenvalue weighted by atomic mass is 79.9. The molecule has 1 amide bonds. The summed E-state index contributed by atoms with van der Waals surface area (Å²) in [5.41, 5.74) is 0.605. The van der Waals surface area contributed by atoms with Crippen molar-refractivity contribution in [3.05, 3.63) is 22.3 Å². The van der Waals surface area contributed by atoms with Gasteiger partial charge in [-0.05, 0) is 53.6 Å². The number of halogens is 1. The van der Waals surface area contributed by atoms with Gasteiger partial charge in [0.1, 0.15) is 5.82 Å². The van der Waals surface area contributed by atoms with Crippen LogP contribution in [0.3, 0.4) is 0 Å². The van der Waals surface area contributed by atoms with Gasteiger partial charge in [-0.1, -0.05) is 13.8 Å². The third-order valence-electron chi connectivity index (χ3n) is 4.22. The largest absolute Gasteiger partial charge is 0.370 e. The van der Waals surface area contributed by atoms with E-state index in [-0.39, 0.29) is 11.9 Å². The van der Waals surface area contributed by atoms with Gasteiger partial charge in [-0.15, -0.1) is 0 Å². The summed E-state index contributed by atoms with van der Waals surface area (Å²) in [6.45, 7) is 7.20. The maximum absolute atomic E-state index is 12.5. The molecule has 3 atom stereocenters. The molecule has 2 N–H and O–H groups in total. The first-order chi connectivity index (χ1) is 9.52. The molecule has 0 aliphatic heterocycles. The van der Waals surface area contributed by atoms with Gasteiger partial charge in [-0.2, -0.15) is 0 Å². The van der Waals surface area contributed by atoms with Gasteiger partial charge in [-0.25, -0.2) is 4.98 Å². The highest BCUT2D eigenvalue weighted by Crippen LogP contribution is 2.31. The van der Waals surface area contributed by atoms with Gasteiger partial charge in [-0.3, -0.25) is 4.79 Å². The Morgan fingerprint density at radius 2 is 2.20 bits per heavy atom. The number of pyridine rings is 1. The zero-order chi connectivity index (χ0) is 14.7. The van der Waals surface area contributed by atoms with Gasteiger partial charge in [0.15, 0.2) is 0 Å². The average Bonchev–Trinajstić information content (AvgIpc) is 2.73. The lowest BCUT2D eigenvalue weighted by Gasteiger charge is -2.20. The summed E-state index contributed by atoms with van der Waals surface area (Å²) in [6, 6.07) is 2.09. The molecule has 20 heavy (non-hydrogen) atoms. The number of hydrogen-bond donors (Lipinski definition) is 2. The average molecular weight is 340 g/mol. The topological polar surface area (TPSA) is 54.0 Å². The number of aromatic nitrogens is 1. The molecule has 0 saturated heterocycles. The van der Waals surface area contributed by atoms with Crippen LogP contribution < -0.4 is 10.6 Å². The first-order valence-electron chi connectivity index (χ1n) is 7.23. The highest BCUT2D eigenvalue weighted by molar-refractivity contribution is 9.10. The Balaban J connectivity index is 2.14. The maximum atomic E-state index is 12.5. The number of hydrogen-bond acceptors (Lipinski definition) is 3. The summed E-state index contributed by atoms with van der Waals surface area (Å²) < 4.78 is 0.817. The molecule has 5 heteroatoms. The summed E-state index contributed by atoms with van der Waals surface area (Å²) in [4.78, 5) is 16.8. The molecule has 1 aliphatic rings. The molecule has 2 rings (SSSR count). The molecular weight excluding hydrogens is 318 g/mol. The monoisotopic (exact) mass is 339 g/mol. The highest BCUT2D eigenvalue weighted by Gasteiger charge is 2.31. The number of rotatable bonds is 4. The van der Waals surface area contributed by atoms with E-state index in [1.165, 1.54) is 6.42 Å². The summed E-state index contributed by atoms with van der Waals surface area (Å²) >= 11 is 3.38. The molecule has 1 saturated carbocycles. The second-order valence-corrected chi connectivity index (χ2v) is 6.49. The molecule has 110 valence electrons. The molecule has 0 radical (unpaired) electrons. The molecule has 0 aromatic carbocycles. The van der Waals surface area contributed by atoms with E-state index in [1.807, 2.05) is 13.0 Å². The summed E-state index contributed by atoms with van der Waals surface area (Å²) in [5, 5.41) is 6.30. The van der Waals surface area contributed by atoms with E-state index < -0.39 is 0 Å². The lowest BCUT2D eigenvalue weighted by molar-refractivity contribution is 0.0928. The third-order valence-corrected chi connectivity index (χ3v) is 4.66. The van der Waals surface area contributed by atoms with Crippen molar-refractivity contribution in [1.29, 1.82) is 0 Å². The number of nitrogens with zero attached hydrogens (tertiary/aromatic N) is 1. The van der Waals surface area contributed by atoms with Gasteiger partial charge < -0.3 is 10.6 Å². The van der Waals surface area contributed by atoms with E-state index in [1.54, 1.807) is 6.20 Å². The van der Waals surface area contributed by atoms with E-state index in [4.69, 9.17) is 0 Å². The van der Waals surface area contributed by atoms with E-state index in [0.717, 1.165) is 17.4 Å². The van der Waals surface area contributed by atoms with Crippen molar-refractivity contribution >= 4 is 27.7 Å². The molecule has 0 spiro atoms. The van der Waals surface area contributed by atoms with Crippen molar-refractivity contribution < 1.29 is 4.79 Å². The Kier molecular flexibility index (Phi) is 5.02. The molecule has 1 aromatic rings. The standard InChI is InChI=1S/C15H22BrN3O/c1-4-17-14-12(7-11(16)8-18-14)15(20)19-13-6-5-9(2)10(13)3/h7-10,13H,4-6H2,1-3H3,(H,17,18)(H,19,20). The van der Waals surface area contributed by atoms with Crippen LogP contribution in [0.2, 0.25) is 0 Å². The molecule has 1 aromatic heterocycles. The van der Waals surface area contributed by atoms with Crippen LogP contribution >= 0.6 is 15.9 Å². The van der Waals surface area contributed by atoms with Crippen molar-refractivity contribution in [2.75, 3.05) is 11.9 Å². The minimum atomic E-state index is -0.0410. The second kappa shape index (κ2) is 6.57. The number of anilines is 1. The third kappa shape index (κ3) is 3.32. The Bertz CT molecular complexity index is 492. The number of amides is 1. The van der Waals surface area contributed by atoms with E-state index in [0.29, 0.717) is 23.2 Å². The molecule has 1 aliphatic carbocycles. The number of nitrogens with one attached hydrogen (secondary N) is 2. The van der Waals surface area contributed by atoms with Crippen LogP contribution in [0.1, 0.15) is 44.0 Å². The Hall–Kier alpha value is -1.10. The predicted octanol–water partition coefficient (Wildman–Crippen LogP) is 3.44. The van der Waals surface area contributed by atoms with Crippen molar-refractivity contribution in [3.63, 3.8) is 0 Å². The molecule has 4 nitrogen and oxygen atoms in total. The fourth-order valence-electron chi connectivity index (χ4n) is 2.74. The Morgan fingerprint density at radius 3 is 2.80 bits per heavy atom. The van der Waals surface area contributed by atoms with Crippen LogP contribution in [0.5, 0.6) is 0 Å². The molecular formula is C15H22BrN3O. The van der Waals surface area contributed by atoms with Crippen LogP contribution in [-0.2, 0) is 0 Å². The SMILES string of the molecule is CCNc1ncc(Br)cc1C(=O)NC1CCC(C)C1C. The zero-order valence-electron chi connectivity index (χ0n) is 12.2. The van der Waals surface area contributed by atoms with Crippen molar-refractivity contribution in [2.45, 2.75) is 39.7 Å². The molecule has 3 unspecified atom stereocenters. The van der Waals surface area contributed by atoms with Crippen LogP contribution in [0.4, 0.5) is 5.82 Å². The fourth-order valence-corrected chi connectivity index (χ4v) is 3.07. The Labute approximate surface area is 128 Å². The van der Waals surface area contributed by atoms with Crippen LogP contribution in [-0.4, -0.2) is 23.5 Å². The lowest BCUT2D eigenvalue weighted by atomic mass is 9.97. The van der Waals surface area contributed by atoms with Gasteiger partial charge in [0.25, 0.3) is 5.91 Å². The summed E-state index contributed by atoms with van der Waals surface area (Å²) in [5.74, 6) is 1.81. The predicted molar refractivity (Wildman–Crippen MR) is 84.9 cm³/mol. The number of carbonyl (C=O) groups excluding carboxylic acids is 1. The Morgan fingerprint density at radius 1 is 1.45 bits per heavy atom. The number of carbonyl (C=O) groups is 1. The normalized spacial score (nSPS) is 25.5. The summed E-state index contributed by atoms with van der Waals surface area (Å²) in [7, 11) is 0. The quantitative estimate of drug-likeness (QED) is 0.883. The van der Waals surface area contributed by atoms with Gasteiger partial charge >= 0.3 is 0 Å². The van der Waals surface area contributed by atoms with E-state index in [2.05, 4.69) is 45.4 Å². The molecule has 1 fully saturated rings. The molecule has 0 bridgehead atoms. The van der Waals surface area contributed by atoms with Gasteiger partial charge in [0.05, 0.1) is 5.56 Å². The minimum absolute atomic E-state index is 0.0410. The van der Waals surface area contributed by atoms with Crippen molar-refractivity contribution in [1.82, 2.24) is 10.3 Å². The lowest BCUT2D eigenvalue weighted by Crippen LogP contribution is -2.37. The zero-order valence-corrected chi connectivity index (χ0v) is 13.8. The van der Waals surface area contributed by atoms with Crippen molar-refractivity contribution in [3.8, 4) is 0 Å². The van der Waals surface area contributed by atoms with Gasteiger partial charge in [0, 0.05) is 23.3 Å². The minimum Gasteiger partial charge on any atom is -0.370 e. The second-order valence-electron chi connectivity index (χ2n) is 5.57. The first-order valence-corrected chi connectivity index (χ1v) is 8.02. The van der Waals surface area contributed by atoms with E-state index >= 15 is 0 Å².